The molecule has 34 heavy (non-hydrogen) atoms. The fraction of sp³-hybridized carbons (Fsp3) is 0.333. The first kappa shape index (κ1) is 23.6. The lowest BCUT2D eigenvalue weighted by atomic mass is 9.85. The number of nitrogens with zero attached hydrogens (tertiary/aromatic N) is 3. The SMILES string of the molecule is Cc1cc(C)nc(SCc2ccc(C(=O)NNC(=O)CN3C(=O)C4CC=CCC4C3=O)cc2)n1. The van der Waals surface area contributed by atoms with Crippen LogP contribution in [0.1, 0.15) is 40.2 Å². The maximum atomic E-state index is 12.4. The van der Waals surface area contributed by atoms with Crippen molar-refractivity contribution in [3.63, 3.8) is 0 Å². The number of imide groups is 1. The van der Waals surface area contributed by atoms with Crippen molar-refractivity contribution in [1.29, 1.82) is 0 Å². The molecule has 2 atom stereocenters. The molecule has 2 heterocycles. The van der Waals surface area contributed by atoms with Gasteiger partial charge in [-0.3, -0.25) is 34.9 Å². The standard InChI is InChI=1S/C24H25N5O4S/c1-14-11-15(2)26-24(25-14)34-13-16-7-9-17(10-8-16)21(31)28-27-20(30)12-29-22(32)18-5-3-4-6-19(18)23(29)33/h3-4,7-11,18-19H,5-6,12-13H2,1-2H3,(H,27,30)(H,28,31). The Bertz CT molecular complexity index is 1120. The summed E-state index contributed by atoms with van der Waals surface area (Å²) in [6, 6.07) is 8.88. The number of amides is 4. The molecule has 0 bridgehead atoms. The molecule has 1 aliphatic heterocycles. The lowest BCUT2D eigenvalue weighted by Crippen LogP contribution is -2.47. The van der Waals surface area contributed by atoms with E-state index in [-0.39, 0.29) is 11.8 Å². The van der Waals surface area contributed by atoms with Gasteiger partial charge in [-0.05, 0) is 50.5 Å². The molecule has 0 saturated carbocycles. The van der Waals surface area contributed by atoms with Crippen molar-refractivity contribution in [2.75, 3.05) is 6.54 Å². The highest BCUT2D eigenvalue weighted by atomic mass is 32.2. The monoisotopic (exact) mass is 479 g/mol. The van der Waals surface area contributed by atoms with Gasteiger partial charge in [0, 0.05) is 22.7 Å². The zero-order chi connectivity index (χ0) is 24.2. The Kier molecular flexibility index (Phi) is 7.06. The Morgan fingerprint density at radius 1 is 0.971 bits per heavy atom. The van der Waals surface area contributed by atoms with E-state index >= 15 is 0 Å². The summed E-state index contributed by atoms with van der Waals surface area (Å²) in [7, 11) is 0. The Morgan fingerprint density at radius 3 is 2.15 bits per heavy atom. The zero-order valence-corrected chi connectivity index (χ0v) is 19.7. The minimum atomic E-state index is -0.636. The molecule has 0 radical (unpaired) electrons. The Balaban J connectivity index is 1.25. The van der Waals surface area contributed by atoms with Gasteiger partial charge in [0.15, 0.2) is 5.16 Å². The molecule has 10 heteroatoms. The van der Waals surface area contributed by atoms with E-state index in [9.17, 15) is 19.2 Å². The fourth-order valence-corrected chi connectivity index (χ4v) is 4.97. The summed E-state index contributed by atoms with van der Waals surface area (Å²) < 4.78 is 0. The van der Waals surface area contributed by atoms with Crippen molar-refractivity contribution in [2.24, 2.45) is 11.8 Å². The summed E-state index contributed by atoms with van der Waals surface area (Å²) in [6.45, 7) is 3.44. The smallest absolute Gasteiger partial charge is 0.269 e. The number of rotatable bonds is 6. The number of hydrazine groups is 1. The van der Waals surface area contributed by atoms with Gasteiger partial charge in [0.2, 0.25) is 11.8 Å². The average molecular weight is 480 g/mol. The number of hydrogen-bond acceptors (Lipinski definition) is 7. The van der Waals surface area contributed by atoms with Crippen LogP contribution in [0.4, 0.5) is 0 Å². The van der Waals surface area contributed by atoms with Crippen molar-refractivity contribution in [1.82, 2.24) is 25.7 Å². The molecule has 2 aromatic rings. The van der Waals surface area contributed by atoms with Gasteiger partial charge in [0.1, 0.15) is 6.54 Å². The van der Waals surface area contributed by atoms with Crippen LogP contribution >= 0.6 is 11.8 Å². The van der Waals surface area contributed by atoms with Gasteiger partial charge in [-0.2, -0.15) is 0 Å². The second-order valence-electron chi connectivity index (χ2n) is 8.34. The predicted octanol–water partition coefficient (Wildman–Crippen LogP) is 2.10. The van der Waals surface area contributed by atoms with E-state index in [1.54, 1.807) is 12.1 Å². The Morgan fingerprint density at radius 2 is 1.56 bits per heavy atom. The molecule has 9 nitrogen and oxygen atoms in total. The van der Waals surface area contributed by atoms with Gasteiger partial charge in [0.25, 0.3) is 11.8 Å². The minimum absolute atomic E-state index is 0.333. The third kappa shape index (κ3) is 5.33. The van der Waals surface area contributed by atoms with E-state index in [0.717, 1.165) is 21.9 Å². The Hall–Kier alpha value is -3.53. The van der Waals surface area contributed by atoms with E-state index in [0.29, 0.717) is 29.3 Å². The van der Waals surface area contributed by atoms with Crippen LogP contribution in [0.2, 0.25) is 0 Å². The van der Waals surface area contributed by atoms with E-state index in [2.05, 4.69) is 20.8 Å². The zero-order valence-electron chi connectivity index (χ0n) is 18.9. The topological polar surface area (TPSA) is 121 Å². The normalized spacial score (nSPS) is 19.2. The van der Waals surface area contributed by atoms with Crippen LogP contribution in [0.3, 0.4) is 0 Å². The molecule has 1 aromatic heterocycles. The molecule has 1 aliphatic carbocycles. The first-order valence-corrected chi connectivity index (χ1v) is 11.9. The van der Waals surface area contributed by atoms with E-state index in [1.807, 2.05) is 44.2 Å². The fourth-order valence-electron chi connectivity index (χ4n) is 4.06. The van der Waals surface area contributed by atoms with Crippen LogP contribution in [0.5, 0.6) is 0 Å². The van der Waals surface area contributed by atoms with Gasteiger partial charge < -0.3 is 0 Å². The van der Waals surface area contributed by atoms with Crippen molar-refractivity contribution in [2.45, 2.75) is 37.6 Å². The average Bonchev–Trinajstić information content (AvgIpc) is 3.06. The van der Waals surface area contributed by atoms with Gasteiger partial charge in [-0.1, -0.05) is 36.0 Å². The highest BCUT2D eigenvalue weighted by Crippen LogP contribution is 2.34. The maximum absolute atomic E-state index is 12.4. The van der Waals surface area contributed by atoms with E-state index in [4.69, 9.17) is 0 Å². The number of fused-ring (bicyclic) bond motifs is 1. The lowest BCUT2D eigenvalue weighted by molar-refractivity contribution is -0.143. The number of aromatic nitrogens is 2. The van der Waals surface area contributed by atoms with Crippen LogP contribution in [-0.2, 0) is 20.1 Å². The molecule has 2 unspecified atom stereocenters. The number of aryl methyl sites for hydroxylation is 2. The second-order valence-corrected chi connectivity index (χ2v) is 9.28. The number of thioether (sulfide) groups is 1. The molecular formula is C24H25N5O4S. The van der Waals surface area contributed by atoms with Crippen LogP contribution < -0.4 is 10.9 Å². The second kappa shape index (κ2) is 10.2. The third-order valence-electron chi connectivity index (χ3n) is 5.76. The summed E-state index contributed by atoms with van der Waals surface area (Å²) in [6.07, 6.45) is 4.79. The number of likely N-dealkylation sites (tertiary alicyclic amines) is 1. The van der Waals surface area contributed by atoms with Crippen molar-refractivity contribution < 1.29 is 19.2 Å². The van der Waals surface area contributed by atoms with Gasteiger partial charge in [-0.25, -0.2) is 9.97 Å². The van der Waals surface area contributed by atoms with Crippen molar-refractivity contribution >= 4 is 35.4 Å². The quantitative estimate of drug-likeness (QED) is 0.214. The summed E-state index contributed by atoms with van der Waals surface area (Å²) >= 11 is 1.51. The molecule has 0 spiro atoms. The number of carbonyl (C=O) groups is 4. The van der Waals surface area contributed by atoms with E-state index in [1.165, 1.54) is 11.8 Å². The predicted molar refractivity (Wildman–Crippen MR) is 125 cm³/mol. The lowest BCUT2D eigenvalue weighted by Gasteiger charge is -2.15. The molecule has 2 aliphatic rings. The molecule has 4 rings (SSSR count). The number of allylic oxidation sites excluding steroid dienone is 2. The van der Waals surface area contributed by atoms with Crippen LogP contribution in [0.15, 0.2) is 47.6 Å². The third-order valence-corrected chi connectivity index (χ3v) is 6.68. The molecular weight excluding hydrogens is 454 g/mol. The van der Waals surface area contributed by atoms with Gasteiger partial charge in [-0.15, -0.1) is 0 Å². The molecule has 176 valence electrons. The number of hydrogen-bond donors (Lipinski definition) is 2. The molecule has 1 saturated heterocycles. The van der Waals surface area contributed by atoms with Gasteiger partial charge in [0.05, 0.1) is 11.8 Å². The highest BCUT2D eigenvalue weighted by molar-refractivity contribution is 7.98. The largest absolute Gasteiger partial charge is 0.274 e. The van der Waals surface area contributed by atoms with Crippen LogP contribution in [-0.4, -0.2) is 45.0 Å². The van der Waals surface area contributed by atoms with Crippen LogP contribution in [0.25, 0.3) is 0 Å². The first-order chi connectivity index (χ1) is 16.3. The minimum Gasteiger partial charge on any atom is -0.274 e. The summed E-state index contributed by atoms with van der Waals surface area (Å²) in [5, 5.41) is 0.701. The summed E-state index contributed by atoms with van der Waals surface area (Å²) in [5.74, 6) is -1.93. The van der Waals surface area contributed by atoms with E-state index < -0.39 is 30.2 Å². The number of benzene rings is 1. The molecule has 1 aromatic carbocycles. The molecule has 4 amide bonds. The van der Waals surface area contributed by atoms with Crippen LogP contribution in [0, 0.1) is 25.7 Å². The Labute approximate surface area is 201 Å². The summed E-state index contributed by atoms with van der Waals surface area (Å²) in [4.78, 5) is 59.3. The highest BCUT2D eigenvalue weighted by Gasteiger charge is 2.47. The van der Waals surface area contributed by atoms with Gasteiger partial charge >= 0.3 is 0 Å². The summed E-state index contributed by atoms with van der Waals surface area (Å²) in [5.41, 5.74) is 7.80. The first-order valence-electron chi connectivity index (χ1n) is 10.9. The number of carbonyl (C=O) groups excluding carboxylic acids is 4. The van der Waals surface area contributed by atoms with Crippen molar-refractivity contribution in [3.05, 3.63) is 65.0 Å². The number of nitrogens with one attached hydrogen (secondary N) is 2. The molecule has 1 fully saturated rings. The van der Waals surface area contributed by atoms with Crippen molar-refractivity contribution in [3.8, 4) is 0 Å². The molecule has 2 N–H and O–H groups in total. The maximum Gasteiger partial charge on any atom is 0.269 e.